The highest BCUT2D eigenvalue weighted by atomic mass is 79.9. The van der Waals surface area contributed by atoms with Gasteiger partial charge in [0, 0.05) is 6.42 Å². The van der Waals surface area contributed by atoms with Gasteiger partial charge in [-0.3, -0.25) is 9.59 Å². The smallest absolute Gasteiger partial charge is 0.253 e. The van der Waals surface area contributed by atoms with Gasteiger partial charge in [-0.25, -0.2) is 0 Å². The van der Waals surface area contributed by atoms with Crippen molar-refractivity contribution in [3.05, 3.63) is 45.9 Å². The van der Waals surface area contributed by atoms with Crippen molar-refractivity contribution in [2.24, 2.45) is 5.73 Å². The minimum Gasteiger partial charge on any atom is -0.368 e. The average Bonchev–Trinajstić information content (AvgIpc) is 2.27. The molecule has 0 saturated heterocycles. The van der Waals surface area contributed by atoms with Crippen LogP contribution in [0.15, 0.2) is 35.3 Å². The van der Waals surface area contributed by atoms with E-state index in [-0.39, 0.29) is 6.42 Å². The first-order valence-electron chi connectivity index (χ1n) is 5.09. The number of carbonyl (C=O) groups is 2. The molecule has 0 heterocycles. The highest BCUT2D eigenvalue weighted by molar-refractivity contribution is 9.11. The van der Waals surface area contributed by atoms with Crippen LogP contribution in [0, 0.1) is 0 Å². The Morgan fingerprint density at radius 3 is 2.56 bits per heavy atom. The summed E-state index contributed by atoms with van der Waals surface area (Å²) in [4.78, 5) is 23.1. The first-order chi connectivity index (χ1) is 8.41. The van der Waals surface area contributed by atoms with E-state index in [0.717, 1.165) is 0 Å². The molecule has 2 amide bonds. The maximum absolute atomic E-state index is 11.9. The van der Waals surface area contributed by atoms with E-state index in [1.165, 1.54) is 0 Å². The summed E-state index contributed by atoms with van der Waals surface area (Å²) >= 11 is 9.01. The van der Waals surface area contributed by atoms with Gasteiger partial charge in [0.25, 0.3) is 5.91 Å². The molecule has 1 aromatic rings. The second-order valence-corrected chi connectivity index (χ2v) is 5.16. The second-order valence-electron chi connectivity index (χ2n) is 3.63. The van der Waals surface area contributed by atoms with Crippen LogP contribution in [-0.2, 0) is 4.79 Å². The number of primary amides is 1. The zero-order chi connectivity index (χ0) is 13.7. The summed E-state index contributed by atoms with van der Waals surface area (Å²) in [5.74, 6) is -1.07. The van der Waals surface area contributed by atoms with Gasteiger partial charge in [0.15, 0.2) is 0 Å². The molecule has 0 fully saturated rings. The van der Waals surface area contributed by atoms with Crippen molar-refractivity contribution >= 4 is 39.3 Å². The summed E-state index contributed by atoms with van der Waals surface area (Å²) in [7, 11) is 0. The molecule has 3 N–H and O–H groups in total. The lowest BCUT2D eigenvalue weighted by molar-refractivity contribution is -0.119. The van der Waals surface area contributed by atoms with Gasteiger partial charge in [-0.1, -0.05) is 46.2 Å². The topological polar surface area (TPSA) is 72.2 Å². The van der Waals surface area contributed by atoms with E-state index in [2.05, 4.69) is 27.8 Å². The van der Waals surface area contributed by atoms with Crippen LogP contribution < -0.4 is 11.1 Å². The molecular weight excluding hydrogens is 320 g/mol. The van der Waals surface area contributed by atoms with Crippen molar-refractivity contribution in [3.63, 3.8) is 0 Å². The number of nitrogens with one attached hydrogen (secondary N) is 1. The van der Waals surface area contributed by atoms with Crippen LogP contribution in [0.1, 0.15) is 16.8 Å². The van der Waals surface area contributed by atoms with Crippen molar-refractivity contribution in [1.82, 2.24) is 5.32 Å². The number of nitrogens with two attached hydrogens (primary N) is 1. The summed E-state index contributed by atoms with van der Waals surface area (Å²) in [6.07, 6.45) is 0.228. The molecule has 0 radical (unpaired) electrons. The van der Waals surface area contributed by atoms with E-state index in [0.29, 0.717) is 15.1 Å². The monoisotopic (exact) mass is 330 g/mol. The third kappa shape index (κ3) is 4.16. The van der Waals surface area contributed by atoms with E-state index in [1.54, 1.807) is 24.3 Å². The minimum absolute atomic E-state index is 0.228. The third-order valence-electron chi connectivity index (χ3n) is 2.19. The van der Waals surface area contributed by atoms with Crippen molar-refractivity contribution in [1.29, 1.82) is 0 Å². The summed E-state index contributed by atoms with van der Waals surface area (Å²) < 4.78 is 0.575. The zero-order valence-corrected chi connectivity index (χ0v) is 11.8. The Bertz CT molecular complexity index is 491. The van der Waals surface area contributed by atoms with Crippen molar-refractivity contribution in [3.8, 4) is 0 Å². The largest absolute Gasteiger partial charge is 0.368 e. The molecule has 0 aliphatic heterocycles. The summed E-state index contributed by atoms with van der Waals surface area (Å²) in [5, 5.41) is 2.83. The second kappa shape index (κ2) is 6.56. The summed E-state index contributed by atoms with van der Waals surface area (Å²) in [6.45, 7) is 3.61. The highest BCUT2D eigenvalue weighted by Crippen LogP contribution is 2.16. The zero-order valence-electron chi connectivity index (χ0n) is 9.45. The predicted octanol–water partition coefficient (Wildman–Crippen LogP) is 2.22. The fraction of sp³-hybridized carbons (Fsp3) is 0.167. The molecule has 1 rings (SSSR count). The molecule has 1 atom stereocenters. The Labute approximate surface area is 118 Å². The first-order valence-corrected chi connectivity index (χ1v) is 6.27. The van der Waals surface area contributed by atoms with E-state index in [4.69, 9.17) is 17.3 Å². The Morgan fingerprint density at radius 1 is 1.44 bits per heavy atom. The number of amides is 2. The van der Waals surface area contributed by atoms with Gasteiger partial charge < -0.3 is 11.1 Å². The van der Waals surface area contributed by atoms with E-state index >= 15 is 0 Å². The van der Waals surface area contributed by atoms with Crippen LogP contribution in [0.5, 0.6) is 0 Å². The minimum atomic E-state index is -0.819. The quantitative estimate of drug-likeness (QED) is 0.868. The van der Waals surface area contributed by atoms with Crippen LogP contribution >= 0.6 is 27.5 Å². The van der Waals surface area contributed by atoms with E-state index in [1.807, 2.05) is 0 Å². The number of hydrogen-bond donors (Lipinski definition) is 2. The van der Waals surface area contributed by atoms with Gasteiger partial charge in [0.05, 0.1) is 10.6 Å². The molecule has 96 valence electrons. The fourth-order valence-electron chi connectivity index (χ4n) is 1.33. The van der Waals surface area contributed by atoms with Crippen LogP contribution in [0.25, 0.3) is 0 Å². The van der Waals surface area contributed by atoms with Gasteiger partial charge in [-0.05, 0) is 16.6 Å². The predicted molar refractivity (Wildman–Crippen MR) is 74.6 cm³/mol. The van der Waals surface area contributed by atoms with Gasteiger partial charge in [0.2, 0.25) is 5.91 Å². The normalized spacial score (nSPS) is 11.7. The van der Waals surface area contributed by atoms with E-state index in [9.17, 15) is 9.59 Å². The Balaban J connectivity index is 2.82. The van der Waals surface area contributed by atoms with Crippen LogP contribution in [0.2, 0.25) is 5.02 Å². The molecule has 1 aromatic carbocycles. The molecule has 0 spiro atoms. The number of rotatable bonds is 5. The first kappa shape index (κ1) is 14.7. The molecule has 0 aliphatic rings. The fourth-order valence-corrected chi connectivity index (χ4v) is 1.87. The Kier molecular flexibility index (Phi) is 5.37. The molecule has 6 heteroatoms. The lowest BCUT2D eigenvalue weighted by Crippen LogP contribution is -2.44. The maximum Gasteiger partial charge on any atom is 0.253 e. The molecule has 0 bridgehead atoms. The number of hydrogen-bond acceptors (Lipinski definition) is 2. The molecular formula is C12H12BrClN2O2. The average molecular weight is 332 g/mol. The van der Waals surface area contributed by atoms with Crippen molar-refractivity contribution < 1.29 is 9.59 Å². The lowest BCUT2D eigenvalue weighted by Gasteiger charge is -2.15. The van der Waals surface area contributed by atoms with Crippen LogP contribution in [0.3, 0.4) is 0 Å². The van der Waals surface area contributed by atoms with Crippen molar-refractivity contribution in [2.75, 3.05) is 0 Å². The molecule has 0 aromatic heterocycles. The van der Waals surface area contributed by atoms with E-state index < -0.39 is 17.9 Å². The molecule has 4 nitrogen and oxygen atoms in total. The van der Waals surface area contributed by atoms with Crippen molar-refractivity contribution in [2.45, 2.75) is 12.5 Å². The van der Waals surface area contributed by atoms with Crippen LogP contribution in [-0.4, -0.2) is 17.9 Å². The Hall–Kier alpha value is -1.33. The summed E-state index contributed by atoms with van der Waals surface area (Å²) in [5.41, 5.74) is 5.50. The number of benzene rings is 1. The molecule has 0 unspecified atom stereocenters. The molecule has 0 aliphatic carbocycles. The Morgan fingerprint density at radius 2 is 2.06 bits per heavy atom. The third-order valence-corrected chi connectivity index (χ3v) is 2.85. The SMILES string of the molecule is C=C(Br)C[C@H](NC(=O)c1ccccc1Cl)C(N)=O. The maximum atomic E-state index is 11.9. The summed E-state index contributed by atoms with van der Waals surface area (Å²) in [6, 6.07) is 5.74. The molecule has 18 heavy (non-hydrogen) atoms. The van der Waals surface area contributed by atoms with Crippen LogP contribution in [0.4, 0.5) is 0 Å². The van der Waals surface area contributed by atoms with Gasteiger partial charge >= 0.3 is 0 Å². The van der Waals surface area contributed by atoms with Gasteiger partial charge in [0.1, 0.15) is 6.04 Å². The standard InChI is InChI=1S/C12H12BrClN2O2/c1-7(13)6-10(11(15)17)16-12(18)8-4-2-3-5-9(8)14/h2-5,10H,1,6H2,(H2,15,17)(H,16,18)/t10-/m0/s1. The van der Waals surface area contributed by atoms with Gasteiger partial charge in [-0.2, -0.15) is 0 Å². The highest BCUT2D eigenvalue weighted by Gasteiger charge is 2.20. The van der Waals surface area contributed by atoms with Gasteiger partial charge in [-0.15, -0.1) is 0 Å². The molecule has 0 saturated carbocycles. The number of carbonyl (C=O) groups excluding carboxylic acids is 2. The number of halogens is 2. The lowest BCUT2D eigenvalue weighted by atomic mass is 10.1.